The van der Waals surface area contributed by atoms with Crippen LogP contribution < -0.4 is 16.1 Å². The van der Waals surface area contributed by atoms with Gasteiger partial charge >= 0.3 is 12.0 Å². The molecule has 0 bridgehead atoms. The van der Waals surface area contributed by atoms with Crippen LogP contribution >= 0.6 is 0 Å². The number of halogens is 3. The van der Waals surface area contributed by atoms with E-state index in [4.69, 9.17) is 10.2 Å². The Kier molecular flexibility index (Phi) is 2.45. The molecule has 0 unspecified atom stereocenters. The van der Waals surface area contributed by atoms with Crippen LogP contribution in [0.25, 0.3) is 11.0 Å². The van der Waals surface area contributed by atoms with Gasteiger partial charge in [-0.25, -0.2) is 4.79 Å². The molecule has 0 radical (unpaired) electrons. The largest absolute Gasteiger partial charge is 0.573 e. The van der Waals surface area contributed by atoms with Crippen molar-refractivity contribution in [3.63, 3.8) is 0 Å². The minimum atomic E-state index is -4.87. The van der Waals surface area contributed by atoms with E-state index in [9.17, 15) is 18.0 Å². The van der Waals surface area contributed by atoms with Crippen LogP contribution in [0.4, 0.5) is 18.9 Å². The Hall–Kier alpha value is -2.18. The molecule has 0 spiro atoms. The third-order valence-electron chi connectivity index (χ3n) is 1.96. The lowest BCUT2D eigenvalue weighted by atomic mass is 10.2. The standard InChI is InChI=1S/C10H6F3NO3/c11-10(12,13)17-8-4-9(15)16-7-3-5(14)1-2-6(7)8/h1-4H,14H2. The lowest BCUT2D eigenvalue weighted by molar-refractivity contribution is -0.274. The first-order valence-electron chi connectivity index (χ1n) is 4.44. The van der Waals surface area contributed by atoms with Gasteiger partial charge in [0.05, 0.1) is 11.5 Å². The van der Waals surface area contributed by atoms with Gasteiger partial charge in [0, 0.05) is 11.8 Å². The van der Waals surface area contributed by atoms with Crippen molar-refractivity contribution in [3.8, 4) is 5.75 Å². The number of rotatable bonds is 1. The lowest BCUT2D eigenvalue weighted by Gasteiger charge is -2.10. The fourth-order valence-corrected chi connectivity index (χ4v) is 1.36. The van der Waals surface area contributed by atoms with Crippen LogP contribution in [0.5, 0.6) is 5.75 Å². The SMILES string of the molecule is Nc1ccc2c(OC(F)(F)F)cc(=O)oc2c1. The fraction of sp³-hybridized carbons (Fsp3) is 0.100. The monoisotopic (exact) mass is 245 g/mol. The molecule has 0 aliphatic heterocycles. The summed E-state index contributed by atoms with van der Waals surface area (Å²) in [6.45, 7) is 0. The highest BCUT2D eigenvalue weighted by Crippen LogP contribution is 2.29. The molecule has 4 nitrogen and oxygen atoms in total. The minimum Gasteiger partial charge on any atom is -0.422 e. The molecule has 2 rings (SSSR count). The molecule has 1 aromatic heterocycles. The Morgan fingerprint density at radius 1 is 1.24 bits per heavy atom. The zero-order valence-electron chi connectivity index (χ0n) is 8.25. The van der Waals surface area contributed by atoms with E-state index in [1.54, 1.807) is 0 Å². The van der Waals surface area contributed by atoms with Crippen molar-refractivity contribution < 1.29 is 22.3 Å². The number of ether oxygens (including phenoxy) is 1. The maximum Gasteiger partial charge on any atom is 0.573 e. The first-order valence-corrected chi connectivity index (χ1v) is 4.44. The zero-order valence-corrected chi connectivity index (χ0v) is 8.25. The van der Waals surface area contributed by atoms with Gasteiger partial charge in [0.15, 0.2) is 0 Å². The minimum absolute atomic E-state index is 0.0242. The highest BCUT2D eigenvalue weighted by molar-refractivity contribution is 5.85. The van der Waals surface area contributed by atoms with Crippen LogP contribution in [0, 0.1) is 0 Å². The van der Waals surface area contributed by atoms with Crippen LogP contribution in [0.1, 0.15) is 0 Å². The predicted octanol–water partition coefficient (Wildman–Crippen LogP) is 2.27. The Balaban J connectivity index is 2.66. The Morgan fingerprint density at radius 3 is 2.59 bits per heavy atom. The second-order valence-electron chi connectivity index (χ2n) is 3.23. The van der Waals surface area contributed by atoms with Crippen LogP contribution in [0.2, 0.25) is 0 Å². The summed E-state index contributed by atoms with van der Waals surface area (Å²) in [6.07, 6.45) is -4.87. The van der Waals surface area contributed by atoms with Crippen molar-refractivity contribution in [1.82, 2.24) is 0 Å². The van der Waals surface area contributed by atoms with Crippen molar-refractivity contribution in [1.29, 1.82) is 0 Å². The van der Waals surface area contributed by atoms with Crippen molar-refractivity contribution in [2.75, 3.05) is 5.73 Å². The van der Waals surface area contributed by atoms with Crippen molar-refractivity contribution in [2.24, 2.45) is 0 Å². The summed E-state index contributed by atoms with van der Waals surface area (Å²) in [7, 11) is 0. The Bertz CT molecular complexity index is 618. The molecule has 17 heavy (non-hydrogen) atoms. The quantitative estimate of drug-likeness (QED) is 0.618. The fourth-order valence-electron chi connectivity index (χ4n) is 1.36. The molecular formula is C10H6F3NO3. The molecule has 0 amide bonds. The number of alkyl halides is 3. The normalized spacial score (nSPS) is 11.7. The average molecular weight is 245 g/mol. The van der Waals surface area contributed by atoms with Crippen molar-refractivity contribution in [3.05, 3.63) is 34.7 Å². The molecule has 2 aromatic rings. The molecule has 0 fully saturated rings. The summed E-state index contributed by atoms with van der Waals surface area (Å²) in [5.74, 6) is -0.608. The number of fused-ring (bicyclic) bond motifs is 1. The van der Waals surface area contributed by atoms with E-state index in [2.05, 4.69) is 4.74 Å². The topological polar surface area (TPSA) is 65.5 Å². The van der Waals surface area contributed by atoms with E-state index in [1.165, 1.54) is 18.2 Å². The zero-order chi connectivity index (χ0) is 12.6. The summed E-state index contributed by atoms with van der Waals surface area (Å²) in [5, 5.41) is 0.0242. The van der Waals surface area contributed by atoms with Gasteiger partial charge in [-0.05, 0) is 12.1 Å². The summed E-state index contributed by atoms with van der Waals surface area (Å²) in [5.41, 5.74) is 4.69. The van der Waals surface area contributed by atoms with Gasteiger partial charge in [-0.1, -0.05) is 0 Å². The highest BCUT2D eigenvalue weighted by Gasteiger charge is 2.32. The van der Waals surface area contributed by atoms with E-state index in [0.717, 1.165) is 0 Å². The van der Waals surface area contributed by atoms with Crippen LogP contribution in [0.3, 0.4) is 0 Å². The maximum absolute atomic E-state index is 12.1. The molecule has 0 saturated heterocycles. The Morgan fingerprint density at radius 2 is 1.94 bits per heavy atom. The molecule has 7 heteroatoms. The van der Waals surface area contributed by atoms with Gasteiger partial charge in [-0.2, -0.15) is 0 Å². The van der Waals surface area contributed by atoms with Crippen molar-refractivity contribution in [2.45, 2.75) is 6.36 Å². The van der Waals surface area contributed by atoms with E-state index in [-0.39, 0.29) is 16.7 Å². The molecule has 0 saturated carbocycles. The number of nitrogens with two attached hydrogens (primary N) is 1. The van der Waals surface area contributed by atoms with Gasteiger partial charge in [-0.15, -0.1) is 13.2 Å². The number of hydrogen-bond donors (Lipinski definition) is 1. The molecular weight excluding hydrogens is 239 g/mol. The molecule has 0 atom stereocenters. The summed E-state index contributed by atoms with van der Waals surface area (Å²) < 4.78 is 44.8. The number of hydrogen-bond acceptors (Lipinski definition) is 4. The van der Waals surface area contributed by atoms with Gasteiger partial charge in [-0.3, -0.25) is 0 Å². The number of benzene rings is 1. The summed E-state index contributed by atoms with van der Waals surface area (Å²) in [4.78, 5) is 11.0. The van der Waals surface area contributed by atoms with E-state index in [1.807, 2.05) is 0 Å². The number of nitrogen functional groups attached to an aromatic ring is 1. The van der Waals surface area contributed by atoms with Crippen LogP contribution in [-0.4, -0.2) is 6.36 Å². The molecule has 1 heterocycles. The van der Waals surface area contributed by atoms with Gasteiger partial charge in [0.2, 0.25) is 0 Å². The second-order valence-corrected chi connectivity index (χ2v) is 3.23. The van der Waals surface area contributed by atoms with E-state index in [0.29, 0.717) is 6.07 Å². The lowest BCUT2D eigenvalue weighted by Crippen LogP contribution is -2.18. The van der Waals surface area contributed by atoms with Crippen LogP contribution in [0.15, 0.2) is 33.5 Å². The average Bonchev–Trinajstić information content (AvgIpc) is 2.13. The first kappa shape index (κ1) is 11.3. The number of anilines is 1. The second kappa shape index (κ2) is 3.69. The van der Waals surface area contributed by atoms with Crippen molar-refractivity contribution >= 4 is 16.7 Å². The smallest absolute Gasteiger partial charge is 0.422 e. The summed E-state index contributed by atoms with van der Waals surface area (Å²) >= 11 is 0. The van der Waals surface area contributed by atoms with Gasteiger partial charge in [0.1, 0.15) is 11.3 Å². The summed E-state index contributed by atoms with van der Waals surface area (Å²) in [6, 6.07) is 4.55. The van der Waals surface area contributed by atoms with E-state index >= 15 is 0 Å². The molecule has 90 valence electrons. The maximum atomic E-state index is 12.1. The predicted molar refractivity (Wildman–Crippen MR) is 53.6 cm³/mol. The molecule has 0 aliphatic carbocycles. The Labute approximate surface area is 92.4 Å². The third kappa shape index (κ3) is 2.49. The van der Waals surface area contributed by atoms with Gasteiger partial charge in [0.25, 0.3) is 0 Å². The third-order valence-corrected chi connectivity index (χ3v) is 1.96. The molecule has 1 aromatic carbocycles. The molecule has 2 N–H and O–H groups in total. The van der Waals surface area contributed by atoms with E-state index < -0.39 is 17.7 Å². The first-order chi connectivity index (χ1) is 7.85. The molecule has 0 aliphatic rings. The van der Waals surface area contributed by atoms with Crippen LogP contribution in [-0.2, 0) is 0 Å². The highest BCUT2D eigenvalue weighted by atomic mass is 19.4. The van der Waals surface area contributed by atoms with Gasteiger partial charge < -0.3 is 14.9 Å².